The molecule has 2 aromatic rings. The Labute approximate surface area is 137 Å². The quantitative estimate of drug-likeness (QED) is 0.730. The lowest BCUT2D eigenvalue weighted by molar-refractivity contribution is 0.0600. The number of hydrogen-bond donors (Lipinski definition) is 0. The first-order valence-corrected chi connectivity index (χ1v) is 7.08. The molecule has 0 aliphatic heterocycles. The Morgan fingerprint density at radius 1 is 0.952 bits per heavy atom. The van der Waals surface area contributed by atoms with E-state index in [2.05, 4.69) is 4.74 Å². The van der Waals surface area contributed by atoms with Crippen molar-refractivity contribution >= 4 is 40.8 Å². The summed E-state index contributed by atoms with van der Waals surface area (Å²) in [7, 11) is 1.30. The Hall–Kier alpha value is -1.42. The average molecular weight is 346 g/mol. The molecular weight excluding hydrogens is 335 g/mol. The number of hydrogen-bond acceptors (Lipinski definition) is 3. The van der Waals surface area contributed by atoms with Gasteiger partial charge in [-0.1, -0.05) is 34.8 Å². The number of ether oxygens (including phenoxy) is 2. The van der Waals surface area contributed by atoms with Crippen molar-refractivity contribution in [2.45, 2.75) is 6.61 Å². The van der Waals surface area contributed by atoms with E-state index in [0.29, 0.717) is 26.4 Å². The largest absolute Gasteiger partial charge is 0.489 e. The van der Waals surface area contributed by atoms with E-state index in [4.69, 9.17) is 39.5 Å². The Balaban J connectivity index is 2.16. The standard InChI is InChI=1S/C15H11Cl3O3/c1-20-15(19)10-4-13(18)7-14(5-10)21-8-9-2-11(16)6-12(17)3-9/h2-7H,8H2,1H3. The van der Waals surface area contributed by atoms with Crippen LogP contribution in [0.4, 0.5) is 0 Å². The molecular formula is C15H11Cl3O3. The molecule has 21 heavy (non-hydrogen) atoms. The summed E-state index contributed by atoms with van der Waals surface area (Å²) < 4.78 is 10.3. The molecule has 0 aliphatic rings. The van der Waals surface area contributed by atoms with E-state index in [1.165, 1.54) is 13.2 Å². The van der Waals surface area contributed by atoms with Crippen LogP contribution in [0.1, 0.15) is 15.9 Å². The van der Waals surface area contributed by atoms with Crippen LogP contribution in [0.3, 0.4) is 0 Å². The third kappa shape index (κ3) is 4.53. The number of carbonyl (C=O) groups excluding carboxylic acids is 1. The summed E-state index contributed by atoms with van der Waals surface area (Å²) in [6.07, 6.45) is 0. The van der Waals surface area contributed by atoms with E-state index in [0.717, 1.165) is 5.56 Å². The van der Waals surface area contributed by atoms with Crippen LogP contribution >= 0.6 is 34.8 Å². The van der Waals surface area contributed by atoms with Crippen LogP contribution in [-0.4, -0.2) is 13.1 Å². The van der Waals surface area contributed by atoms with E-state index in [-0.39, 0.29) is 6.61 Å². The van der Waals surface area contributed by atoms with E-state index < -0.39 is 5.97 Å². The van der Waals surface area contributed by atoms with Crippen molar-refractivity contribution in [3.05, 3.63) is 62.6 Å². The fourth-order valence-electron chi connectivity index (χ4n) is 1.74. The van der Waals surface area contributed by atoms with E-state index >= 15 is 0 Å². The number of rotatable bonds is 4. The van der Waals surface area contributed by atoms with Crippen molar-refractivity contribution in [1.82, 2.24) is 0 Å². The normalized spacial score (nSPS) is 10.3. The fourth-order valence-corrected chi connectivity index (χ4v) is 2.54. The Morgan fingerprint density at radius 3 is 2.19 bits per heavy atom. The van der Waals surface area contributed by atoms with Gasteiger partial charge in [0.15, 0.2) is 0 Å². The molecule has 0 radical (unpaired) electrons. The van der Waals surface area contributed by atoms with Crippen molar-refractivity contribution < 1.29 is 14.3 Å². The molecule has 0 N–H and O–H groups in total. The van der Waals surface area contributed by atoms with Crippen molar-refractivity contribution in [2.24, 2.45) is 0 Å². The van der Waals surface area contributed by atoms with Crippen LogP contribution in [0.2, 0.25) is 15.1 Å². The third-order valence-electron chi connectivity index (χ3n) is 2.62. The van der Waals surface area contributed by atoms with Crippen LogP contribution < -0.4 is 4.74 Å². The van der Waals surface area contributed by atoms with Gasteiger partial charge in [0.05, 0.1) is 12.7 Å². The van der Waals surface area contributed by atoms with Gasteiger partial charge in [-0.15, -0.1) is 0 Å². The minimum Gasteiger partial charge on any atom is -0.489 e. The molecule has 0 atom stereocenters. The zero-order valence-corrected chi connectivity index (χ0v) is 13.3. The predicted octanol–water partition coefficient (Wildman–Crippen LogP) is 5.01. The van der Waals surface area contributed by atoms with Gasteiger partial charge in [-0.2, -0.15) is 0 Å². The highest BCUT2D eigenvalue weighted by atomic mass is 35.5. The Kier molecular flexibility index (Phi) is 5.34. The summed E-state index contributed by atoms with van der Waals surface area (Å²) in [5.41, 5.74) is 1.14. The maximum atomic E-state index is 11.5. The first-order chi connectivity index (χ1) is 9.97. The highest BCUT2D eigenvalue weighted by molar-refractivity contribution is 6.34. The van der Waals surface area contributed by atoms with Crippen molar-refractivity contribution in [1.29, 1.82) is 0 Å². The molecule has 110 valence electrons. The molecule has 0 heterocycles. The minimum atomic E-state index is -0.479. The molecule has 6 heteroatoms. The fraction of sp³-hybridized carbons (Fsp3) is 0.133. The summed E-state index contributed by atoms with van der Waals surface area (Å²) >= 11 is 17.8. The van der Waals surface area contributed by atoms with Crippen LogP contribution in [0.15, 0.2) is 36.4 Å². The van der Waals surface area contributed by atoms with Gasteiger partial charge in [0.2, 0.25) is 0 Å². The van der Waals surface area contributed by atoms with Gasteiger partial charge >= 0.3 is 5.97 Å². The number of halogens is 3. The lowest BCUT2D eigenvalue weighted by atomic mass is 10.2. The SMILES string of the molecule is COC(=O)c1cc(Cl)cc(OCc2cc(Cl)cc(Cl)c2)c1. The monoisotopic (exact) mass is 344 g/mol. The maximum Gasteiger partial charge on any atom is 0.338 e. The number of carbonyl (C=O) groups is 1. The molecule has 3 nitrogen and oxygen atoms in total. The molecule has 0 saturated heterocycles. The Bertz CT molecular complexity index is 651. The summed E-state index contributed by atoms with van der Waals surface area (Å²) in [6, 6.07) is 9.82. The molecule has 0 unspecified atom stereocenters. The first-order valence-electron chi connectivity index (χ1n) is 5.94. The van der Waals surface area contributed by atoms with Crippen molar-refractivity contribution in [2.75, 3.05) is 7.11 Å². The average Bonchev–Trinajstić information content (AvgIpc) is 2.42. The Morgan fingerprint density at radius 2 is 1.57 bits per heavy atom. The number of benzene rings is 2. The molecule has 0 aromatic heterocycles. The molecule has 2 aromatic carbocycles. The van der Waals surface area contributed by atoms with Crippen LogP contribution in [0.5, 0.6) is 5.75 Å². The predicted molar refractivity (Wildman–Crippen MR) is 83.6 cm³/mol. The van der Waals surface area contributed by atoms with Gasteiger partial charge < -0.3 is 9.47 Å². The van der Waals surface area contributed by atoms with Gasteiger partial charge in [0, 0.05) is 15.1 Å². The van der Waals surface area contributed by atoms with Gasteiger partial charge in [-0.05, 0) is 42.0 Å². The lowest BCUT2D eigenvalue weighted by Gasteiger charge is -2.09. The molecule has 0 amide bonds. The van der Waals surface area contributed by atoms with Gasteiger partial charge in [-0.3, -0.25) is 0 Å². The summed E-state index contributed by atoms with van der Waals surface area (Å²) in [4.78, 5) is 11.5. The van der Waals surface area contributed by atoms with Gasteiger partial charge in [-0.25, -0.2) is 4.79 Å². The second-order valence-corrected chi connectivity index (χ2v) is 5.54. The second-order valence-electron chi connectivity index (χ2n) is 4.23. The van der Waals surface area contributed by atoms with Crippen LogP contribution in [0.25, 0.3) is 0 Å². The summed E-state index contributed by atoms with van der Waals surface area (Å²) in [5, 5.41) is 1.45. The molecule has 0 bridgehead atoms. The number of esters is 1. The first kappa shape index (κ1) is 16.0. The second kappa shape index (κ2) is 7.03. The molecule has 0 spiro atoms. The zero-order valence-electron chi connectivity index (χ0n) is 11.0. The van der Waals surface area contributed by atoms with E-state index in [1.54, 1.807) is 30.3 Å². The minimum absolute atomic E-state index is 0.251. The molecule has 0 saturated carbocycles. The highest BCUT2D eigenvalue weighted by Gasteiger charge is 2.09. The smallest absolute Gasteiger partial charge is 0.338 e. The van der Waals surface area contributed by atoms with Crippen LogP contribution in [0, 0.1) is 0 Å². The van der Waals surface area contributed by atoms with Gasteiger partial charge in [0.25, 0.3) is 0 Å². The third-order valence-corrected chi connectivity index (χ3v) is 3.27. The van der Waals surface area contributed by atoms with E-state index in [9.17, 15) is 4.79 Å². The van der Waals surface area contributed by atoms with Crippen molar-refractivity contribution in [3.8, 4) is 5.75 Å². The molecule has 0 aliphatic carbocycles. The topological polar surface area (TPSA) is 35.5 Å². The number of methoxy groups -OCH3 is 1. The highest BCUT2D eigenvalue weighted by Crippen LogP contribution is 2.24. The summed E-state index contributed by atoms with van der Waals surface area (Å²) in [5.74, 6) is -0.0212. The molecule has 0 fully saturated rings. The molecule has 2 rings (SSSR count). The van der Waals surface area contributed by atoms with Crippen LogP contribution in [-0.2, 0) is 11.3 Å². The van der Waals surface area contributed by atoms with Crippen molar-refractivity contribution in [3.63, 3.8) is 0 Å². The van der Waals surface area contributed by atoms with E-state index in [1.807, 2.05) is 0 Å². The van der Waals surface area contributed by atoms with Gasteiger partial charge in [0.1, 0.15) is 12.4 Å². The lowest BCUT2D eigenvalue weighted by Crippen LogP contribution is -2.02. The summed E-state index contributed by atoms with van der Waals surface area (Å²) in [6.45, 7) is 0.251. The maximum absolute atomic E-state index is 11.5. The zero-order chi connectivity index (χ0) is 15.4.